The van der Waals surface area contributed by atoms with Crippen molar-refractivity contribution in [3.05, 3.63) is 24.3 Å². The molecule has 1 rings (SSSR count). The fourth-order valence-electron chi connectivity index (χ4n) is 1.27. The molecule has 94 valence electrons. The van der Waals surface area contributed by atoms with E-state index in [0.717, 1.165) is 0 Å². The lowest BCUT2D eigenvalue weighted by Gasteiger charge is -2.16. The number of carbonyl (C=O) groups is 1. The average Bonchev–Trinajstić information content (AvgIpc) is 2.25. The maximum Gasteiger partial charge on any atom is 0.242 e. The topological polar surface area (TPSA) is 54.0 Å². The molecule has 0 aliphatic rings. The van der Waals surface area contributed by atoms with Crippen LogP contribution in [0.25, 0.3) is 0 Å². The van der Waals surface area contributed by atoms with E-state index in [1.54, 1.807) is 13.0 Å². The molecule has 0 saturated carbocycles. The highest BCUT2D eigenvalue weighted by Crippen LogP contribution is 2.08. The van der Waals surface area contributed by atoms with Gasteiger partial charge in [-0.3, -0.25) is 4.79 Å². The summed E-state index contributed by atoms with van der Waals surface area (Å²) in [5.74, 6) is -0.259. The van der Waals surface area contributed by atoms with Crippen LogP contribution in [0.5, 0.6) is 0 Å². The predicted molar refractivity (Wildman–Crippen MR) is 65.1 cm³/mol. The van der Waals surface area contributed by atoms with E-state index in [1.807, 2.05) is 13.8 Å². The van der Waals surface area contributed by atoms with Gasteiger partial charge in [0.15, 0.2) is 0 Å². The van der Waals surface area contributed by atoms with Gasteiger partial charge in [0.05, 0.1) is 0 Å². The van der Waals surface area contributed by atoms with Crippen molar-refractivity contribution in [1.29, 1.82) is 0 Å². The maximum absolute atomic E-state index is 12.8. The first kappa shape index (κ1) is 13.4. The van der Waals surface area contributed by atoms with Gasteiger partial charge in [-0.2, -0.15) is 4.39 Å². The Balaban J connectivity index is 2.48. The number of carbonyl (C=O) groups excluding carboxylic acids is 1. The van der Waals surface area contributed by atoms with Crippen molar-refractivity contribution < 1.29 is 9.18 Å². The number of anilines is 1. The Hall–Kier alpha value is -1.65. The molecule has 1 unspecified atom stereocenters. The van der Waals surface area contributed by atoms with Crippen molar-refractivity contribution in [3.63, 3.8) is 0 Å². The highest BCUT2D eigenvalue weighted by Gasteiger charge is 2.12. The number of aromatic nitrogens is 1. The van der Waals surface area contributed by atoms with E-state index in [0.29, 0.717) is 18.2 Å². The Morgan fingerprint density at radius 2 is 2.18 bits per heavy atom. The highest BCUT2D eigenvalue weighted by atomic mass is 19.1. The fraction of sp³-hybridized carbons (Fsp3) is 0.500. The molecule has 0 fully saturated rings. The number of nitrogens with zero attached hydrogens (tertiary/aromatic N) is 1. The van der Waals surface area contributed by atoms with Crippen LogP contribution in [-0.2, 0) is 4.79 Å². The summed E-state index contributed by atoms with van der Waals surface area (Å²) in [6.45, 7) is 6.41. The Morgan fingerprint density at radius 3 is 2.76 bits per heavy atom. The zero-order valence-electron chi connectivity index (χ0n) is 10.3. The summed E-state index contributed by atoms with van der Waals surface area (Å²) in [5, 5.41) is 5.72. The first-order valence-corrected chi connectivity index (χ1v) is 5.65. The second-order valence-electron chi connectivity index (χ2n) is 4.37. The number of pyridine rings is 1. The number of rotatable bonds is 5. The smallest absolute Gasteiger partial charge is 0.242 e. The van der Waals surface area contributed by atoms with Crippen molar-refractivity contribution in [3.8, 4) is 0 Å². The standard InChI is InChI=1S/C12H18FN3O/c1-8(2)7-15-12(17)9(3)16-10-4-5-14-11(13)6-10/h4-6,8-9H,7H2,1-3H3,(H,14,16)(H,15,17). The lowest BCUT2D eigenvalue weighted by Crippen LogP contribution is -2.39. The van der Waals surface area contributed by atoms with Crippen LogP contribution in [0.2, 0.25) is 0 Å². The molecule has 0 saturated heterocycles. The molecule has 0 bridgehead atoms. The van der Waals surface area contributed by atoms with Crippen LogP contribution in [0.3, 0.4) is 0 Å². The van der Waals surface area contributed by atoms with Gasteiger partial charge in [-0.15, -0.1) is 0 Å². The van der Waals surface area contributed by atoms with E-state index >= 15 is 0 Å². The molecule has 1 aromatic rings. The van der Waals surface area contributed by atoms with Gasteiger partial charge in [0.2, 0.25) is 11.9 Å². The molecule has 0 spiro atoms. The summed E-state index contributed by atoms with van der Waals surface area (Å²) in [5.41, 5.74) is 0.546. The molecule has 0 radical (unpaired) electrons. The van der Waals surface area contributed by atoms with Crippen molar-refractivity contribution in [2.45, 2.75) is 26.8 Å². The Morgan fingerprint density at radius 1 is 1.47 bits per heavy atom. The summed E-state index contributed by atoms with van der Waals surface area (Å²) in [6.07, 6.45) is 1.36. The molecule has 1 aromatic heterocycles. The normalized spacial score (nSPS) is 12.3. The molecule has 1 atom stereocenters. The van der Waals surface area contributed by atoms with Crippen LogP contribution in [0, 0.1) is 11.9 Å². The molecule has 17 heavy (non-hydrogen) atoms. The molecular weight excluding hydrogens is 221 g/mol. The molecular formula is C12H18FN3O. The van der Waals surface area contributed by atoms with Gasteiger partial charge >= 0.3 is 0 Å². The van der Waals surface area contributed by atoms with Gasteiger partial charge in [0.25, 0.3) is 0 Å². The van der Waals surface area contributed by atoms with Gasteiger partial charge in [0, 0.05) is 24.5 Å². The summed E-state index contributed by atoms with van der Waals surface area (Å²) in [6, 6.07) is 2.47. The Bertz CT molecular complexity index is 382. The molecule has 4 nitrogen and oxygen atoms in total. The van der Waals surface area contributed by atoms with Crippen LogP contribution in [-0.4, -0.2) is 23.5 Å². The lowest BCUT2D eigenvalue weighted by atomic mass is 10.2. The third-order valence-corrected chi connectivity index (χ3v) is 2.19. The predicted octanol–water partition coefficient (Wildman–Crippen LogP) is 1.79. The number of hydrogen-bond donors (Lipinski definition) is 2. The lowest BCUT2D eigenvalue weighted by molar-refractivity contribution is -0.121. The third kappa shape index (κ3) is 4.80. The third-order valence-electron chi connectivity index (χ3n) is 2.19. The summed E-state index contributed by atoms with van der Waals surface area (Å²) >= 11 is 0. The van der Waals surface area contributed by atoms with Crippen LogP contribution in [0.15, 0.2) is 18.3 Å². The van der Waals surface area contributed by atoms with Crippen molar-refractivity contribution in [1.82, 2.24) is 10.3 Å². The highest BCUT2D eigenvalue weighted by molar-refractivity contribution is 5.84. The zero-order valence-corrected chi connectivity index (χ0v) is 10.3. The van der Waals surface area contributed by atoms with Crippen LogP contribution in [0.1, 0.15) is 20.8 Å². The minimum atomic E-state index is -0.565. The van der Waals surface area contributed by atoms with Crippen molar-refractivity contribution >= 4 is 11.6 Å². The van der Waals surface area contributed by atoms with Crippen LogP contribution < -0.4 is 10.6 Å². The largest absolute Gasteiger partial charge is 0.374 e. The SMILES string of the molecule is CC(C)CNC(=O)C(C)Nc1ccnc(F)c1. The molecule has 1 amide bonds. The maximum atomic E-state index is 12.8. The Labute approximate surface area is 101 Å². The average molecular weight is 239 g/mol. The van der Waals surface area contributed by atoms with E-state index in [2.05, 4.69) is 15.6 Å². The van der Waals surface area contributed by atoms with Gasteiger partial charge in [-0.05, 0) is 18.9 Å². The molecule has 0 aliphatic carbocycles. The van der Waals surface area contributed by atoms with Gasteiger partial charge in [-0.25, -0.2) is 4.98 Å². The summed E-state index contributed by atoms with van der Waals surface area (Å²) in [4.78, 5) is 15.1. The second-order valence-corrected chi connectivity index (χ2v) is 4.37. The molecule has 1 heterocycles. The Kier molecular flexibility index (Phi) is 4.87. The second kappa shape index (κ2) is 6.18. The molecule has 5 heteroatoms. The van der Waals surface area contributed by atoms with Gasteiger partial charge < -0.3 is 10.6 Å². The first-order chi connectivity index (χ1) is 7.99. The molecule has 2 N–H and O–H groups in total. The minimum absolute atomic E-state index is 0.101. The fourth-order valence-corrected chi connectivity index (χ4v) is 1.27. The molecule has 0 aliphatic heterocycles. The summed E-state index contributed by atoms with van der Waals surface area (Å²) < 4.78 is 12.8. The van der Waals surface area contributed by atoms with E-state index in [1.165, 1.54) is 12.3 Å². The number of nitrogens with one attached hydrogen (secondary N) is 2. The van der Waals surface area contributed by atoms with E-state index in [-0.39, 0.29) is 5.91 Å². The summed E-state index contributed by atoms with van der Waals surface area (Å²) in [7, 11) is 0. The van der Waals surface area contributed by atoms with E-state index in [4.69, 9.17) is 0 Å². The van der Waals surface area contributed by atoms with Gasteiger partial charge in [-0.1, -0.05) is 13.8 Å². The van der Waals surface area contributed by atoms with E-state index in [9.17, 15) is 9.18 Å². The van der Waals surface area contributed by atoms with E-state index < -0.39 is 12.0 Å². The monoisotopic (exact) mass is 239 g/mol. The quantitative estimate of drug-likeness (QED) is 0.770. The zero-order chi connectivity index (χ0) is 12.8. The first-order valence-electron chi connectivity index (χ1n) is 5.65. The number of amides is 1. The van der Waals surface area contributed by atoms with Gasteiger partial charge in [0.1, 0.15) is 6.04 Å². The van der Waals surface area contributed by atoms with Crippen LogP contribution >= 0.6 is 0 Å². The van der Waals surface area contributed by atoms with Crippen molar-refractivity contribution in [2.24, 2.45) is 5.92 Å². The molecule has 0 aromatic carbocycles. The van der Waals surface area contributed by atoms with Crippen molar-refractivity contribution in [2.75, 3.05) is 11.9 Å². The number of hydrogen-bond acceptors (Lipinski definition) is 3. The minimum Gasteiger partial charge on any atom is -0.374 e. The number of halogens is 1. The van der Waals surface area contributed by atoms with Crippen LogP contribution in [0.4, 0.5) is 10.1 Å².